The van der Waals surface area contributed by atoms with Crippen molar-refractivity contribution in [2.75, 3.05) is 31.5 Å². The summed E-state index contributed by atoms with van der Waals surface area (Å²) in [6.45, 7) is 0. The number of nitrogens with one attached hydrogen (secondary N) is 1. The molecule has 10 heteroatoms. The zero-order valence-corrected chi connectivity index (χ0v) is 15.8. The fraction of sp³-hybridized carbons (Fsp3) is 0.176. The number of rotatable bonds is 6. The van der Waals surface area contributed by atoms with Crippen molar-refractivity contribution in [3.05, 3.63) is 42.5 Å². The molecule has 0 bridgehead atoms. The molecule has 0 aliphatic carbocycles. The fourth-order valence-corrected chi connectivity index (χ4v) is 3.08. The largest absolute Gasteiger partial charge is 0.493 e. The molecule has 0 fully saturated rings. The van der Waals surface area contributed by atoms with Crippen LogP contribution in [-0.4, -0.2) is 43.7 Å². The molecule has 142 valence electrons. The Morgan fingerprint density at radius 3 is 2.30 bits per heavy atom. The number of ether oxygens (including phenoxy) is 2. The third-order valence-electron chi connectivity index (χ3n) is 3.78. The van der Waals surface area contributed by atoms with Gasteiger partial charge in [0.05, 0.1) is 24.8 Å². The molecule has 1 aromatic heterocycles. The Kier molecular flexibility index (Phi) is 4.91. The van der Waals surface area contributed by atoms with Gasteiger partial charge in [0, 0.05) is 18.0 Å². The molecular weight excluding hydrogens is 370 g/mol. The lowest BCUT2D eigenvalue weighted by Crippen LogP contribution is -2.03. The van der Waals surface area contributed by atoms with Crippen molar-refractivity contribution >= 4 is 27.4 Å². The molecule has 0 aliphatic heterocycles. The maximum atomic E-state index is 11.6. The number of sulfone groups is 1. The second-order valence-electron chi connectivity index (χ2n) is 5.67. The molecular formula is C17H19N5O4S. The maximum Gasteiger partial charge on any atom is 0.248 e. The lowest BCUT2D eigenvalue weighted by atomic mass is 10.3. The highest BCUT2D eigenvalue weighted by Crippen LogP contribution is 2.30. The first-order valence-electron chi connectivity index (χ1n) is 7.84. The SMILES string of the molecule is COc1ccc(Nc2nc(N)n(-c3ccc(S(C)(=O)=O)cc3)n2)cc1OC. The molecule has 27 heavy (non-hydrogen) atoms. The quantitative estimate of drug-likeness (QED) is 0.657. The van der Waals surface area contributed by atoms with Crippen LogP contribution in [0.4, 0.5) is 17.6 Å². The number of anilines is 3. The van der Waals surface area contributed by atoms with Crippen LogP contribution < -0.4 is 20.5 Å². The minimum Gasteiger partial charge on any atom is -0.493 e. The second kappa shape index (κ2) is 7.16. The summed E-state index contributed by atoms with van der Waals surface area (Å²) in [4.78, 5) is 4.40. The molecule has 0 atom stereocenters. The molecule has 2 aromatic carbocycles. The van der Waals surface area contributed by atoms with E-state index < -0.39 is 9.84 Å². The van der Waals surface area contributed by atoms with E-state index in [1.54, 1.807) is 44.6 Å². The molecule has 0 saturated carbocycles. The Morgan fingerprint density at radius 2 is 1.70 bits per heavy atom. The van der Waals surface area contributed by atoms with E-state index in [2.05, 4.69) is 15.4 Å². The smallest absolute Gasteiger partial charge is 0.248 e. The molecule has 0 radical (unpaired) electrons. The van der Waals surface area contributed by atoms with Crippen LogP contribution in [0, 0.1) is 0 Å². The number of nitrogens with zero attached hydrogens (tertiary/aromatic N) is 3. The van der Waals surface area contributed by atoms with Crippen LogP contribution in [0.1, 0.15) is 0 Å². The summed E-state index contributed by atoms with van der Waals surface area (Å²) in [5, 5.41) is 7.36. The van der Waals surface area contributed by atoms with Gasteiger partial charge in [-0.25, -0.2) is 8.42 Å². The third kappa shape index (κ3) is 3.95. The van der Waals surface area contributed by atoms with E-state index in [0.29, 0.717) is 22.9 Å². The maximum absolute atomic E-state index is 11.6. The van der Waals surface area contributed by atoms with Crippen molar-refractivity contribution in [3.63, 3.8) is 0 Å². The van der Waals surface area contributed by atoms with Crippen molar-refractivity contribution in [3.8, 4) is 17.2 Å². The van der Waals surface area contributed by atoms with E-state index in [0.717, 1.165) is 6.26 Å². The fourth-order valence-electron chi connectivity index (χ4n) is 2.44. The van der Waals surface area contributed by atoms with Crippen LogP contribution in [0.2, 0.25) is 0 Å². The standard InChI is InChI=1S/C17H19N5O4S/c1-25-14-9-4-11(10-15(14)26-2)19-17-20-16(18)22(21-17)12-5-7-13(8-6-12)27(3,23)24/h4-10H,1-3H3,(H3,18,19,20,21). The number of hydrogen-bond acceptors (Lipinski definition) is 8. The summed E-state index contributed by atoms with van der Waals surface area (Å²) < 4.78 is 35.0. The number of hydrogen-bond donors (Lipinski definition) is 2. The topological polar surface area (TPSA) is 121 Å². The van der Waals surface area contributed by atoms with Gasteiger partial charge in [-0.2, -0.15) is 9.67 Å². The molecule has 0 spiro atoms. The highest BCUT2D eigenvalue weighted by Gasteiger charge is 2.12. The van der Waals surface area contributed by atoms with Crippen molar-refractivity contribution in [2.45, 2.75) is 4.90 Å². The van der Waals surface area contributed by atoms with Gasteiger partial charge in [0.1, 0.15) is 0 Å². The molecule has 0 amide bonds. The van der Waals surface area contributed by atoms with Crippen molar-refractivity contribution in [2.24, 2.45) is 0 Å². The van der Waals surface area contributed by atoms with Crippen LogP contribution in [0.15, 0.2) is 47.4 Å². The van der Waals surface area contributed by atoms with Gasteiger partial charge in [0.15, 0.2) is 21.3 Å². The first-order chi connectivity index (χ1) is 12.8. The number of nitrogens with two attached hydrogens (primary N) is 1. The van der Waals surface area contributed by atoms with Crippen LogP contribution in [0.3, 0.4) is 0 Å². The molecule has 0 unspecified atom stereocenters. The lowest BCUT2D eigenvalue weighted by Gasteiger charge is -2.09. The van der Waals surface area contributed by atoms with Crippen molar-refractivity contribution in [1.82, 2.24) is 14.8 Å². The third-order valence-corrected chi connectivity index (χ3v) is 4.91. The molecule has 3 aromatic rings. The summed E-state index contributed by atoms with van der Waals surface area (Å²) in [7, 11) is -0.163. The van der Waals surface area contributed by atoms with Gasteiger partial charge < -0.3 is 20.5 Å². The summed E-state index contributed by atoms with van der Waals surface area (Å²) in [6, 6.07) is 11.5. The average Bonchev–Trinajstić information content (AvgIpc) is 3.01. The molecule has 3 N–H and O–H groups in total. The first kappa shape index (κ1) is 18.5. The Morgan fingerprint density at radius 1 is 1.04 bits per heavy atom. The molecule has 3 rings (SSSR count). The van der Waals surface area contributed by atoms with Gasteiger partial charge in [-0.15, -0.1) is 5.10 Å². The number of methoxy groups -OCH3 is 2. The van der Waals surface area contributed by atoms with Crippen molar-refractivity contribution in [1.29, 1.82) is 0 Å². The predicted octanol–water partition coefficient (Wildman–Crippen LogP) is 2.01. The van der Waals surface area contributed by atoms with Gasteiger partial charge >= 0.3 is 0 Å². The summed E-state index contributed by atoms with van der Waals surface area (Å²) >= 11 is 0. The first-order valence-corrected chi connectivity index (χ1v) is 9.73. The monoisotopic (exact) mass is 389 g/mol. The molecule has 0 saturated heterocycles. The predicted molar refractivity (Wildman–Crippen MR) is 102 cm³/mol. The highest BCUT2D eigenvalue weighted by molar-refractivity contribution is 7.90. The van der Waals surface area contributed by atoms with Crippen LogP contribution in [0.5, 0.6) is 11.5 Å². The zero-order chi connectivity index (χ0) is 19.6. The van der Waals surface area contributed by atoms with E-state index in [1.807, 2.05) is 0 Å². The highest BCUT2D eigenvalue weighted by atomic mass is 32.2. The van der Waals surface area contributed by atoms with E-state index in [4.69, 9.17) is 15.2 Å². The minimum absolute atomic E-state index is 0.157. The summed E-state index contributed by atoms with van der Waals surface area (Å²) in [6.07, 6.45) is 1.15. The number of nitrogen functional groups attached to an aromatic ring is 1. The van der Waals surface area contributed by atoms with Crippen LogP contribution in [0.25, 0.3) is 5.69 Å². The number of aromatic nitrogens is 3. The Bertz CT molecular complexity index is 1060. The zero-order valence-electron chi connectivity index (χ0n) is 15.0. The molecule has 9 nitrogen and oxygen atoms in total. The van der Waals surface area contributed by atoms with E-state index in [9.17, 15) is 8.42 Å². The lowest BCUT2D eigenvalue weighted by molar-refractivity contribution is 0.355. The Labute approximate surface area is 156 Å². The van der Waals surface area contributed by atoms with Crippen LogP contribution in [-0.2, 0) is 9.84 Å². The van der Waals surface area contributed by atoms with Crippen LogP contribution >= 0.6 is 0 Å². The molecule has 1 heterocycles. The second-order valence-corrected chi connectivity index (χ2v) is 7.68. The number of benzene rings is 2. The Balaban J connectivity index is 1.86. The normalized spacial score (nSPS) is 11.2. The average molecular weight is 389 g/mol. The van der Waals surface area contributed by atoms with Gasteiger partial charge in [-0.1, -0.05) is 0 Å². The van der Waals surface area contributed by atoms with Gasteiger partial charge in [0.2, 0.25) is 11.9 Å². The van der Waals surface area contributed by atoms with E-state index >= 15 is 0 Å². The molecule has 0 aliphatic rings. The Hall–Kier alpha value is -3.27. The van der Waals surface area contributed by atoms with E-state index in [1.165, 1.54) is 16.8 Å². The van der Waals surface area contributed by atoms with Gasteiger partial charge in [-0.3, -0.25) is 0 Å². The summed E-state index contributed by atoms with van der Waals surface area (Å²) in [5.41, 5.74) is 7.22. The van der Waals surface area contributed by atoms with E-state index in [-0.39, 0.29) is 16.8 Å². The summed E-state index contributed by atoms with van der Waals surface area (Å²) in [5.74, 6) is 1.61. The van der Waals surface area contributed by atoms with Gasteiger partial charge in [0.25, 0.3) is 0 Å². The minimum atomic E-state index is -3.27. The van der Waals surface area contributed by atoms with Crippen molar-refractivity contribution < 1.29 is 17.9 Å². The van der Waals surface area contributed by atoms with Gasteiger partial charge in [-0.05, 0) is 36.4 Å².